The highest BCUT2D eigenvalue weighted by atomic mass is 32.1. The summed E-state index contributed by atoms with van der Waals surface area (Å²) in [4.78, 5) is 34.1. The zero-order valence-electron chi connectivity index (χ0n) is 18.2. The molecule has 12 heteroatoms. The van der Waals surface area contributed by atoms with Crippen molar-refractivity contribution < 1.29 is 9.59 Å². The highest BCUT2D eigenvalue weighted by molar-refractivity contribution is 7.08. The number of piperazine rings is 1. The van der Waals surface area contributed by atoms with Crippen LogP contribution in [0.15, 0.2) is 71.4 Å². The first-order valence-corrected chi connectivity index (χ1v) is 11.6. The van der Waals surface area contributed by atoms with E-state index in [1.807, 2.05) is 24.3 Å². The zero-order valence-corrected chi connectivity index (χ0v) is 19.1. The number of amides is 2. The molecule has 1 N–H and O–H groups in total. The third-order valence-electron chi connectivity index (χ3n) is 5.76. The van der Waals surface area contributed by atoms with Gasteiger partial charge in [-0.15, -0.1) is 5.10 Å². The first-order valence-electron chi connectivity index (χ1n) is 10.8. The predicted molar refractivity (Wildman–Crippen MR) is 127 cm³/mol. The zero-order chi connectivity index (χ0) is 23.8. The Bertz CT molecular complexity index is 1600. The fourth-order valence-corrected chi connectivity index (χ4v) is 4.53. The molecule has 0 saturated carbocycles. The molecule has 1 aliphatic heterocycles. The molecule has 1 fully saturated rings. The summed E-state index contributed by atoms with van der Waals surface area (Å²) in [5, 5.41) is 15.0. The molecule has 1 saturated heterocycles. The first-order chi connectivity index (χ1) is 17.2. The summed E-state index contributed by atoms with van der Waals surface area (Å²) in [7, 11) is 0. The lowest BCUT2D eigenvalue weighted by Crippen LogP contribution is -2.50. The Morgan fingerprint density at radius 1 is 0.971 bits per heavy atom. The van der Waals surface area contributed by atoms with Crippen LogP contribution in [0.1, 0.15) is 9.67 Å². The second-order valence-corrected chi connectivity index (χ2v) is 8.69. The van der Waals surface area contributed by atoms with Crippen LogP contribution in [0.2, 0.25) is 0 Å². The Morgan fingerprint density at radius 2 is 1.77 bits per heavy atom. The molecule has 4 aromatic rings. The number of allylic oxidation sites excluding steroid dienone is 1. The Balaban J connectivity index is 1.18. The van der Waals surface area contributed by atoms with Gasteiger partial charge in [0.2, 0.25) is 5.65 Å². The van der Waals surface area contributed by atoms with Gasteiger partial charge in [-0.3, -0.25) is 9.59 Å². The average molecular weight is 484 g/mol. The molecule has 0 unspecified atom stereocenters. The van der Waals surface area contributed by atoms with Crippen molar-refractivity contribution in [2.75, 3.05) is 31.5 Å². The van der Waals surface area contributed by atoms with E-state index in [4.69, 9.17) is 0 Å². The number of hydrogen-bond acceptors (Lipinski definition) is 9. The van der Waals surface area contributed by atoms with Gasteiger partial charge in [0.05, 0.1) is 22.3 Å². The summed E-state index contributed by atoms with van der Waals surface area (Å²) < 4.78 is 5.60. The molecule has 35 heavy (non-hydrogen) atoms. The average Bonchev–Trinajstić information content (AvgIpc) is 3.62. The van der Waals surface area contributed by atoms with Crippen molar-refractivity contribution >= 4 is 45.8 Å². The van der Waals surface area contributed by atoms with E-state index in [0.29, 0.717) is 53.8 Å². The Kier molecular flexibility index (Phi) is 5.16. The minimum Gasteiger partial charge on any atom is -0.335 e. The Morgan fingerprint density at radius 3 is 2.51 bits per heavy atom. The number of rotatable bonds is 4. The maximum absolute atomic E-state index is 13.0. The molecule has 2 aliphatic rings. The third-order valence-corrected chi connectivity index (χ3v) is 6.49. The van der Waals surface area contributed by atoms with E-state index in [9.17, 15) is 9.59 Å². The Hall–Kier alpha value is -4.63. The van der Waals surface area contributed by atoms with Crippen LogP contribution >= 0.6 is 11.5 Å². The molecule has 4 heterocycles. The normalized spacial score (nSPS) is 15.4. The SMILES string of the molecule is O=C(C1=C=C=C(Nc2nc3ccccc3n3nnnc23)C=C1)N1CCN(C(=O)c2ccns2)CC1. The van der Waals surface area contributed by atoms with Gasteiger partial charge < -0.3 is 15.1 Å². The molecule has 6 rings (SSSR count). The van der Waals surface area contributed by atoms with Crippen LogP contribution in [0, 0.1) is 0 Å². The van der Waals surface area contributed by atoms with Gasteiger partial charge in [0.1, 0.15) is 4.88 Å². The molecule has 0 atom stereocenters. The van der Waals surface area contributed by atoms with E-state index in [1.165, 1.54) is 11.5 Å². The number of fused-ring (bicyclic) bond motifs is 3. The summed E-state index contributed by atoms with van der Waals surface area (Å²) in [6.07, 6.45) is 5.05. The standard InChI is InChI=1S/C23H17N9O2S/c33-22(30-11-13-31(14-12-30)23(34)19-9-10-24-35-19)15-5-7-16(8-6-15)25-20-21-27-28-29-32(21)18-4-2-1-3-17(18)26-20/h1-5,7,9-10H,11-14H2,(H,25,26). The largest absolute Gasteiger partial charge is 0.335 e. The number of benzene rings is 1. The number of nitrogens with one attached hydrogen (secondary N) is 1. The number of tetrazole rings is 1. The van der Waals surface area contributed by atoms with Crippen LogP contribution in [-0.4, -0.2) is 77.2 Å². The molecule has 1 aliphatic carbocycles. The number of anilines is 1. The molecule has 0 radical (unpaired) electrons. The minimum absolute atomic E-state index is 0.0470. The van der Waals surface area contributed by atoms with Crippen molar-refractivity contribution in [3.63, 3.8) is 0 Å². The molecule has 2 amide bonds. The summed E-state index contributed by atoms with van der Waals surface area (Å²) >= 11 is 1.18. The van der Waals surface area contributed by atoms with E-state index < -0.39 is 0 Å². The van der Waals surface area contributed by atoms with Crippen LogP contribution in [0.25, 0.3) is 16.7 Å². The smallest absolute Gasteiger partial charge is 0.265 e. The third kappa shape index (κ3) is 3.87. The number of carbonyl (C=O) groups is 2. The molecule has 1 aromatic carbocycles. The molecule has 3 aromatic heterocycles. The topological polar surface area (TPSA) is 122 Å². The summed E-state index contributed by atoms with van der Waals surface area (Å²) in [6, 6.07) is 9.28. The maximum Gasteiger partial charge on any atom is 0.265 e. The minimum atomic E-state index is -0.148. The second kappa shape index (κ2) is 8.62. The fourth-order valence-electron chi connectivity index (χ4n) is 3.96. The van der Waals surface area contributed by atoms with Gasteiger partial charge in [-0.2, -0.15) is 4.52 Å². The van der Waals surface area contributed by atoms with Gasteiger partial charge in [-0.05, 0) is 58.0 Å². The Labute approximate surface area is 202 Å². The molecule has 11 nitrogen and oxygen atoms in total. The van der Waals surface area contributed by atoms with Crippen molar-refractivity contribution in [3.8, 4) is 0 Å². The van der Waals surface area contributed by atoms with Crippen molar-refractivity contribution in [1.29, 1.82) is 0 Å². The van der Waals surface area contributed by atoms with Gasteiger partial charge in [0.15, 0.2) is 5.82 Å². The van der Waals surface area contributed by atoms with E-state index in [-0.39, 0.29) is 11.8 Å². The lowest BCUT2D eigenvalue weighted by atomic mass is 10.1. The second-order valence-electron chi connectivity index (χ2n) is 7.86. The molecular weight excluding hydrogens is 466 g/mol. The monoisotopic (exact) mass is 483 g/mol. The highest BCUT2D eigenvalue weighted by Gasteiger charge is 2.27. The van der Waals surface area contributed by atoms with Gasteiger partial charge in [0, 0.05) is 32.4 Å². The van der Waals surface area contributed by atoms with Crippen molar-refractivity contribution in [1.82, 2.24) is 39.2 Å². The number of carbonyl (C=O) groups excluding carboxylic acids is 2. The van der Waals surface area contributed by atoms with Gasteiger partial charge in [-0.1, -0.05) is 17.9 Å². The molecule has 172 valence electrons. The predicted octanol–water partition coefficient (Wildman–Crippen LogP) is 1.66. The lowest BCUT2D eigenvalue weighted by molar-refractivity contribution is -0.128. The molecule has 0 bridgehead atoms. The lowest BCUT2D eigenvalue weighted by Gasteiger charge is -2.34. The summed E-state index contributed by atoms with van der Waals surface area (Å²) in [5.41, 5.74) is 8.91. The van der Waals surface area contributed by atoms with Crippen LogP contribution in [0.3, 0.4) is 0 Å². The van der Waals surface area contributed by atoms with Gasteiger partial charge >= 0.3 is 0 Å². The number of aromatic nitrogens is 6. The van der Waals surface area contributed by atoms with Crippen LogP contribution in [0.5, 0.6) is 0 Å². The number of nitrogens with zero attached hydrogens (tertiary/aromatic N) is 8. The van der Waals surface area contributed by atoms with E-state index >= 15 is 0 Å². The molecule has 0 spiro atoms. The van der Waals surface area contributed by atoms with Crippen LogP contribution in [0.4, 0.5) is 5.82 Å². The first kappa shape index (κ1) is 20.9. The van der Waals surface area contributed by atoms with E-state index in [2.05, 4.69) is 41.7 Å². The fraction of sp³-hybridized carbons (Fsp3) is 0.174. The van der Waals surface area contributed by atoms with E-state index in [0.717, 1.165) is 11.0 Å². The quantitative estimate of drug-likeness (QED) is 0.435. The van der Waals surface area contributed by atoms with Crippen molar-refractivity contribution in [2.45, 2.75) is 0 Å². The summed E-state index contributed by atoms with van der Waals surface area (Å²) in [5.74, 6) is 0.277. The van der Waals surface area contributed by atoms with Crippen LogP contribution in [-0.2, 0) is 4.79 Å². The van der Waals surface area contributed by atoms with Crippen molar-refractivity contribution in [3.05, 3.63) is 76.3 Å². The molecular formula is C23H17N9O2S. The van der Waals surface area contributed by atoms with E-state index in [1.54, 1.807) is 38.7 Å². The summed E-state index contributed by atoms with van der Waals surface area (Å²) in [6.45, 7) is 1.86. The highest BCUT2D eigenvalue weighted by Crippen LogP contribution is 2.21. The maximum atomic E-state index is 13.0. The van der Waals surface area contributed by atoms with Crippen molar-refractivity contribution in [2.24, 2.45) is 0 Å². The number of para-hydroxylation sites is 2. The van der Waals surface area contributed by atoms with Gasteiger partial charge in [-0.25, -0.2) is 9.36 Å². The van der Waals surface area contributed by atoms with Crippen LogP contribution < -0.4 is 5.32 Å². The van der Waals surface area contributed by atoms with Gasteiger partial charge in [0.25, 0.3) is 11.8 Å². The number of hydrogen-bond donors (Lipinski definition) is 1.